The lowest BCUT2D eigenvalue weighted by Gasteiger charge is -2.33. The van der Waals surface area contributed by atoms with E-state index in [1.165, 1.54) is 38.5 Å². The van der Waals surface area contributed by atoms with Crippen LogP contribution < -0.4 is 5.73 Å². The molecule has 1 saturated carbocycles. The van der Waals surface area contributed by atoms with Crippen LogP contribution in [0.15, 0.2) is 0 Å². The van der Waals surface area contributed by atoms with Crippen LogP contribution in [-0.4, -0.2) is 13.2 Å². The van der Waals surface area contributed by atoms with Gasteiger partial charge >= 0.3 is 0 Å². The molecule has 0 spiro atoms. The highest BCUT2D eigenvalue weighted by Crippen LogP contribution is 2.37. The van der Waals surface area contributed by atoms with Gasteiger partial charge in [0.1, 0.15) is 0 Å². The number of nitrogens with two attached hydrogens (primary N) is 1. The van der Waals surface area contributed by atoms with Gasteiger partial charge in [0, 0.05) is 12.0 Å². The number of hydrogen-bond acceptors (Lipinski definition) is 1. The summed E-state index contributed by atoms with van der Waals surface area (Å²) >= 11 is 0. The minimum Gasteiger partial charge on any atom is -0.330 e. The molecule has 78 valence electrons. The Morgan fingerprint density at radius 3 is 2.15 bits per heavy atom. The van der Waals surface area contributed by atoms with Gasteiger partial charge in [0.25, 0.3) is 0 Å². The lowest BCUT2D eigenvalue weighted by atomic mass is 9.74. The van der Waals surface area contributed by atoms with Gasteiger partial charge in [-0.25, -0.2) is 0 Å². The zero-order valence-corrected chi connectivity index (χ0v) is 8.69. The molecule has 0 bridgehead atoms. The second kappa shape index (κ2) is 4.94. The molecule has 1 nitrogen and oxygen atoms in total. The maximum absolute atomic E-state index is 12.9. The molecule has 0 heterocycles. The van der Waals surface area contributed by atoms with Crippen molar-refractivity contribution in [2.75, 3.05) is 13.2 Å². The summed E-state index contributed by atoms with van der Waals surface area (Å²) in [5.41, 5.74) is 5.41. The summed E-state index contributed by atoms with van der Waals surface area (Å²) in [7, 11) is 0. The summed E-state index contributed by atoms with van der Waals surface area (Å²) in [6.45, 7) is 2.24. The third-order valence-electron chi connectivity index (χ3n) is 3.61. The average Bonchev–Trinajstić information content (AvgIpc) is 2.45. The number of halogens is 1. The molecule has 1 rings (SSSR count). The van der Waals surface area contributed by atoms with Gasteiger partial charge in [0.15, 0.2) is 0 Å². The molecule has 0 aliphatic heterocycles. The summed E-state index contributed by atoms with van der Waals surface area (Å²) in [4.78, 5) is 0. The van der Waals surface area contributed by atoms with Crippen molar-refractivity contribution in [3.63, 3.8) is 0 Å². The maximum atomic E-state index is 12.9. The lowest BCUT2D eigenvalue weighted by molar-refractivity contribution is 0.128. The molecule has 1 fully saturated rings. The van der Waals surface area contributed by atoms with Crippen LogP contribution in [0.5, 0.6) is 0 Å². The standard InChI is InChI=1S/C11H22FN/c1-11(8-12,9-13)10-6-4-2-3-5-7-10/h10H,2-9,13H2,1H3. The minimum atomic E-state index is -0.256. The second-order valence-corrected chi connectivity index (χ2v) is 4.68. The fourth-order valence-electron chi connectivity index (χ4n) is 2.31. The Morgan fingerprint density at radius 2 is 1.77 bits per heavy atom. The Hall–Kier alpha value is -0.110. The highest BCUT2D eigenvalue weighted by Gasteiger charge is 2.32. The van der Waals surface area contributed by atoms with Crippen LogP contribution in [-0.2, 0) is 0 Å². The van der Waals surface area contributed by atoms with E-state index in [0.29, 0.717) is 12.5 Å². The van der Waals surface area contributed by atoms with Gasteiger partial charge < -0.3 is 5.73 Å². The molecule has 2 N–H and O–H groups in total. The van der Waals surface area contributed by atoms with Gasteiger partial charge in [-0.2, -0.15) is 0 Å². The summed E-state index contributed by atoms with van der Waals surface area (Å²) < 4.78 is 12.9. The Kier molecular flexibility index (Phi) is 4.17. The summed E-state index contributed by atoms with van der Waals surface area (Å²) in [5.74, 6) is 0.519. The molecule has 1 atom stereocenters. The fraction of sp³-hybridized carbons (Fsp3) is 1.00. The third kappa shape index (κ3) is 2.67. The second-order valence-electron chi connectivity index (χ2n) is 4.68. The Balaban J connectivity index is 2.55. The topological polar surface area (TPSA) is 26.0 Å². The van der Waals surface area contributed by atoms with E-state index in [9.17, 15) is 4.39 Å². The zero-order valence-electron chi connectivity index (χ0n) is 8.69. The van der Waals surface area contributed by atoms with Crippen molar-refractivity contribution in [1.82, 2.24) is 0 Å². The van der Waals surface area contributed by atoms with Crippen LogP contribution in [0.25, 0.3) is 0 Å². The van der Waals surface area contributed by atoms with Crippen LogP contribution in [0.3, 0.4) is 0 Å². The minimum absolute atomic E-state index is 0.246. The van der Waals surface area contributed by atoms with E-state index in [1.807, 2.05) is 6.92 Å². The zero-order chi connectivity index (χ0) is 9.73. The van der Waals surface area contributed by atoms with E-state index in [2.05, 4.69) is 0 Å². The van der Waals surface area contributed by atoms with E-state index in [4.69, 9.17) is 5.73 Å². The first kappa shape index (κ1) is 11.0. The first-order chi connectivity index (χ1) is 6.23. The molecule has 0 aromatic heterocycles. The monoisotopic (exact) mass is 187 g/mol. The van der Waals surface area contributed by atoms with Crippen molar-refractivity contribution in [2.45, 2.75) is 45.4 Å². The van der Waals surface area contributed by atoms with Crippen molar-refractivity contribution in [1.29, 1.82) is 0 Å². The van der Waals surface area contributed by atoms with Gasteiger partial charge in [0.2, 0.25) is 0 Å². The van der Waals surface area contributed by atoms with Crippen LogP contribution in [0.2, 0.25) is 0 Å². The normalized spacial score (nSPS) is 25.2. The third-order valence-corrected chi connectivity index (χ3v) is 3.61. The predicted molar refractivity (Wildman–Crippen MR) is 54.3 cm³/mol. The predicted octanol–water partition coefficient (Wildman–Crippen LogP) is 2.89. The van der Waals surface area contributed by atoms with Gasteiger partial charge in [0.05, 0.1) is 6.67 Å². The van der Waals surface area contributed by atoms with Gasteiger partial charge in [-0.15, -0.1) is 0 Å². The molecular weight excluding hydrogens is 165 g/mol. The van der Waals surface area contributed by atoms with Crippen LogP contribution >= 0.6 is 0 Å². The lowest BCUT2D eigenvalue weighted by Crippen LogP contribution is -2.37. The molecule has 1 unspecified atom stereocenters. The van der Waals surface area contributed by atoms with Crippen molar-refractivity contribution in [2.24, 2.45) is 17.1 Å². The fourth-order valence-corrected chi connectivity index (χ4v) is 2.31. The SMILES string of the molecule is CC(CN)(CF)C1CCCCCC1. The quantitative estimate of drug-likeness (QED) is 0.675. The van der Waals surface area contributed by atoms with E-state index < -0.39 is 0 Å². The highest BCUT2D eigenvalue weighted by molar-refractivity contribution is 4.84. The number of rotatable bonds is 3. The molecule has 0 aromatic rings. The molecule has 13 heavy (non-hydrogen) atoms. The van der Waals surface area contributed by atoms with Gasteiger partial charge in [-0.1, -0.05) is 32.6 Å². The molecular formula is C11H22FN. The Labute approximate surface area is 80.9 Å². The van der Waals surface area contributed by atoms with Gasteiger partial charge in [-0.3, -0.25) is 4.39 Å². The van der Waals surface area contributed by atoms with Crippen LogP contribution in [0, 0.1) is 11.3 Å². The van der Waals surface area contributed by atoms with E-state index in [1.54, 1.807) is 0 Å². The average molecular weight is 187 g/mol. The van der Waals surface area contributed by atoms with Crippen LogP contribution in [0.4, 0.5) is 4.39 Å². The van der Waals surface area contributed by atoms with Crippen molar-refractivity contribution >= 4 is 0 Å². The molecule has 1 aliphatic rings. The molecule has 0 amide bonds. The number of alkyl halides is 1. The molecule has 2 heteroatoms. The van der Waals surface area contributed by atoms with E-state index >= 15 is 0 Å². The summed E-state index contributed by atoms with van der Waals surface area (Å²) in [6.07, 6.45) is 7.53. The first-order valence-corrected chi connectivity index (χ1v) is 5.49. The van der Waals surface area contributed by atoms with Crippen LogP contribution in [0.1, 0.15) is 45.4 Å². The number of hydrogen-bond donors (Lipinski definition) is 1. The van der Waals surface area contributed by atoms with E-state index in [-0.39, 0.29) is 12.1 Å². The Bertz CT molecular complexity index is 135. The van der Waals surface area contributed by atoms with Crippen molar-refractivity contribution in [3.8, 4) is 0 Å². The molecule has 0 aromatic carbocycles. The molecule has 0 radical (unpaired) electrons. The largest absolute Gasteiger partial charge is 0.330 e. The van der Waals surface area contributed by atoms with Crippen molar-refractivity contribution < 1.29 is 4.39 Å². The highest BCUT2D eigenvalue weighted by atomic mass is 19.1. The maximum Gasteiger partial charge on any atom is 0.0962 e. The van der Waals surface area contributed by atoms with Gasteiger partial charge in [-0.05, 0) is 18.8 Å². The molecule has 1 aliphatic carbocycles. The smallest absolute Gasteiger partial charge is 0.0962 e. The van der Waals surface area contributed by atoms with Crippen molar-refractivity contribution in [3.05, 3.63) is 0 Å². The summed E-state index contributed by atoms with van der Waals surface area (Å²) in [6, 6.07) is 0. The first-order valence-electron chi connectivity index (χ1n) is 5.49. The Morgan fingerprint density at radius 1 is 1.23 bits per heavy atom. The summed E-state index contributed by atoms with van der Waals surface area (Å²) in [5, 5.41) is 0. The van der Waals surface area contributed by atoms with E-state index in [0.717, 1.165) is 0 Å². The molecule has 0 saturated heterocycles.